The number of amides is 1. The maximum Gasteiger partial charge on any atom is 0.297 e. The molecule has 1 fully saturated rings. The van der Waals surface area contributed by atoms with Gasteiger partial charge >= 0.3 is 0 Å². The molecule has 1 amide bonds. The number of pyridine rings is 1. The van der Waals surface area contributed by atoms with Crippen LogP contribution in [0.2, 0.25) is 0 Å². The van der Waals surface area contributed by atoms with Crippen molar-refractivity contribution in [3.8, 4) is 11.1 Å². The number of alkyl halides is 2. The van der Waals surface area contributed by atoms with E-state index in [-0.39, 0.29) is 23.9 Å². The van der Waals surface area contributed by atoms with Gasteiger partial charge < -0.3 is 15.7 Å². The third kappa shape index (κ3) is 6.06. The summed E-state index contributed by atoms with van der Waals surface area (Å²) >= 11 is 0. The van der Waals surface area contributed by atoms with Crippen LogP contribution in [0.4, 0.5) is 26.0 Å². The molecule has 10 nitrogen and oxygen atoms in total. The maximum atomic E-state index is 13.6. The number of aliphatic hydroxyl groups excluding tert-OH is 1. The summed E-state index contributed by atoms with van der Waals surface area (Å²) in [4.78, 5) is 28.3. The molecule has 2 aliphatic heterocycles. The molecular weight excluding hydrogens is 602 g/mol. The predicted octanol–water partition coefficient (Wildman–Crippen LogP) is 6.73. The monoisotopic (exact) mass is 638 g/mol. The van der Waals surface area contributed by atoms with E-state index in [2.05, 4.69) is 35.6 Å². The predicted molar refractivity (Wildman–Crippen MR) is 176 cm³/mol. The zero-order valence-electron chi connectivity index (χ0n) is 26.2. The average Bonchev–Trinajstić information content (AvgIpc) is 3.52. The van der Waals surface area contributed by atoms with E-state index in [1.807, 2.05) is 61.0 Å². The quantitative estimate of drug-likeness (QED) is 0.180. The fraction of sp³-hybridized carbons (Fsp3) is 0.343. The number of halogens is 2. The number of aromatic nitrogens is 5. The second-order valence-electron chi connectivity index (χ2n) is 12.2. The van der Waals surface area contributed by atoms with Gasteiger partial charge in [-0.05, 0) is 92.1 Å². The zero-order chi connectivity index (χ0) is 32.7. The van der Waals surface area contributed by atoms with E-state index in [1.165, 1.54) is 0 Å². The van der Waals surface area contributed by atoms with Crippen LogP contribution in [0.3, 0.4) is 0 Å². The second kappa shape index (κ2) is 12.8. The summed E-state index contributed by atoms with van der Waals surface area (Å²) in [6.07, 6.45) is 2.04. The number of nitrogens with one attached hydrogen (secondary N) is 2. The Morgan fingerprint density at radius 1 is 0.936 bits per heavy atom. The van der Waals surface area contributed by atoms with Crippen molar-refractivity contribution in [2.45, 2.75) is 64.6 Å². The molecule has 0 unspecified atom stereocenters. The molecule has 12 heteroatoms. The van der Waals surface area contributed by atoms with Crippen LogP contribution in [0.15, 0.2) is 60.8 Å². The highest BCUT2D eigenvalue weighted by Crippen LogP contribution is 2.36. The van der Waals surface area contributed by atoms with Crippen molar-refractivity contribution in [2.24, 2.45) is 0 Å². The van der Waals surface area contributed by atoms with E-state index >= 15 is 0 Å². The molecule has 3 aromatic heterocycles. The molecule has 0 spiro atoms. The highest BCUT2D eigenvalue weighted by Gasteiger charge is 2.31. The number of rotatable bonds is 7. The largest absolute Gasteiger partial charge is 0.393 e. The molecule has 0 radical (unpaired) electrons. The van der Waals surface area contributed by atoms with Gasteiger partial charge in [-0.2, -0.15) is 5.10 Å². The molecule has 7 rings (SSSR count). The Balaban J connectivity index is 1.14. The summed E-state index contributed by atoms with van der Waals surface area (Å²) in [6.45, 7) is 6.36. The van der Waals surface area contributed by atoms with Crippen LogP contribution in [0.25, 0.3) is 22.2 Å². The minimum Gasteiger partial charge on any atom is -0.393 e. The zero-order valence-corrected chi connectivity index (χ0v) is 26.2. The van der Waals surface area contributed by atoms with E-state index in [9.17, 15) is 18.7 Å². The van der Waals surface area contributed by atoms with Gasteiger partial charge in [0.2, 0.25) is 0 Å². The van der Waals surface area contributed by atoms with E-state index < -0.39 is 12.2 Å². The lowest BCUT2D eigenvalue weighted by molar-refractivity contribution is 0.0512. The van der Waals surface area contributed by atoms with Gasteiger partial charge in [0.15, 0.2) is 17.3 Å². The maximum absolute atomic E-state index is 13.6. The van der Waals surface area contributed by atoms with Crippen molar-refractivity contribution < 1.29 is 18.7 Å². The van der Waals surface area contributed by atoms with Crippen molar-refractivity contribution in [1.82, 2.24) is 29.6 Å². The summed E-state index contributed by atoms with van der Waals surface area (Å²) in [5.74, 6) is -0.640. The number of hydrogen-bond donors (Lipinski definition) is 3. The number of aliphatic hydroxyl groups is 1. The van der Waals surface area contributed by atoms with Crippen LogP contribution in [0.1, 0.15) is 71.3 Å². The first-order chi connectivity index (χ1) is 22.8. The molecule has 1 atom stereocenters. The number of hydrogen-bond acceptors (Lipinski definition) is 8. The fourth-order valence-corrected chi connectivity index (χ4v) is 6.75. The molecule has 2 aliphatic rings. The lowest BCUT2D eigenvalue weighted by Crippen LogP contribution is -2.40. The Kier molecular flexibility index (Phi) is 8.37. The van der Waals surface area contributed by atoms with Gasteiger partial charge in [0.05, 0.1) is 23.4 Å². The van der Waals surface area contributed by atoms with Gasteiger partial charge in [0, 0.05) is 37.2 Å². The van der Waals surface area contributed by atoms with E-state index in [1.54, 1.807) is 18.3 Å². The number of piperidine rings is 1. The molecule has 2 aromatic carbocycles. The average molecular weight is 639 g/mol. The molecule has 3 N–H and O–H groups in total. The molecule has 0 aliphatic carbocycles. The van der Waals surface area contributed by atoms with Gasteiger partial charge in [0.25, 0.3) is 12.3 Å². The molecule has 5 heterocycles. The van der Waals surface area contributed by atoms with Crippen molar-refractivity contribution in [1.29, 1.82) is 0 Å². The Morgan fingerprint density at radius 2 is 1.66 bits per heavy atom. The van der Waals surface area contributed by atoms with Crippen LogP contribution in [0.5, 0.6) is 0 Å². The molecule has 1 saturated heterocycles. The molecule has 0 saturated carbocycles. The first kappa shape index (κ1) is 30.8. The number of nitrogens with zero attached hydrogens (tertiary/aromatic N) is 6. The number of fused-ring (bicyclic) bond motifs is 2. The van der Waals surface area contributed by atoms with Crippen LogP contribution >= 0.6 is 0 Å². The number of anilines is 3. The first-order valence-electron chi connectivity index (χ1n) is 16.0. The first-order valence-corrected chi connectivity index (χ1v) is 16.0. The van der Waals surface area contributed by atoms with Gasteiger partial charge in [-0.1, -0.05) is 24.3 Å². The Hall–Kier alpha value is -4.81. The van der Waals surface area contributed by atoms with E-state index in [4.69, 9.17) is 0 Å². The number of benzene rings is 2. The molecule has 5 aromatic rings. The number of carbonyl (C=O) groups is 1. The number of carbonyl (C=O) groups excluding carboxylic acids is 1. The van der Waals surface area contributed by atoms with Crippen LogP contribution in [0, 0.1) is 13.8 Å². The Morgan fingerprint density at radius 3 is 2.40 bits per heavy atom. The fourth-order valence-electron chi connectivity index (χ4n) is 6.75. The number of aryl methyl sites for hydroxylation is 1. The van der Waals surface area contributed by atoms with Crippen LogP contribution in [-0.4, -0.2) is 59.8 Å². The summed E-state index contributed by atoms with van der Waals surface area (Å²) in [5.41, 5.74) is 7.09. The Bertz CT molecular complexity index is 1950. The smallest absolute Gasteiger partial charge is 0.297 e. The van der Waals surface area contributed by atoms with Crippen molar-refractivity contribution in [2.75, 3.05) is 23.7 Å². The van der Waals surface area contributed by atoms with Gasteiger partial charge in [-0.15, -0.1) is 0 Å². The molecular formula is C35H36F2N8O2. The normalized spacial score (nSPS) is 17.2. The lowest BCUT2D eigenvalue weighted by Gasteiger charge is -2.38. The van der Waals surface area contributed by atoms with Gasteiger partial charge in [-0.25, -0.2) is 18.7 Å². The minimum atomic E-state index is -2.83. The third-order valence-corrected chi connectivity index (χ3v) is 9.30. The van der Waals surface area contributed by atoms with E-state index in [0.29, 0.717) is 28.1 Å². The third-order valence-electron chi connectivity index (χ3n) is 9.30. The van der Waals surface area contributed by atoms with Crippen molar-refractivity contribution >= 4 is 34.1 Å². The van der Waals surface area contributed by atoms with Crippen LogP contribution < -0.4 is 10.6 Å². The standard InChI is InChI=1S/C35H36F2N8O2/c1-20-23(7-3-9-25(20)39-33-31-27(11-5-15-38-31)40-34(42-33)32(36)37)24-8-4-10-26(21(24)2)41-35(47)28-19-30-29(12-6-16-45(30)43-28)44-17-13-22(46)14-18-44/h3-5,7-11,15,19,22,29,32,46H,6,12-14,16-18H2,1-2H3,(H,41,47)(H,39,40,42)/t29-/m1/s1. The topological polar surface area (TPSA) is 121 Å². The molecule has 242 valence electrons. The van der Waals surface area contributed by atoms with Gasteiger partial charge in [-0.3, -0.25) is 19.4 Å². The second-order valence-corrected chi connectivity index (χ2v) is 12.2. The highest BCUT2D eigenvalue weighted by molar-refractivity contribution is 6.04. The van der Waals surface area contributed by atoms with Gasteiger partial charge in [0.1, 0.15) is 5.52 Å². The summed E-state index contributed by atoms with van der Waals surface area (Å²) in [6, 6.07) is 16.9. The van der Waals surface area contributed by atoms with Crippen LogP contribution in [-0.2, 0) is 6.54 Å². The minimum absolute atomic E-state index is 0.192. The SMILES string of the molecule is Cc1c(NC(=O)c2cc3n(n2)CCC[C@H]3N2CCC(O)CC2)cccc1-c1cccc(Nc2nc(C(F)F)nc3cccnc23)c1C. The van der Waals surface area contributed by atoms with Crippen molar-refractivity contribution in [3.05, 3.63) is 89.1 Å². The molecule has 47 heavy (non-hydrogen) atoms. The summed E-state index contributed by atoms with van der Waals surface area (Å²) < 4.78 is 29.2. The lowest BCUT2D eigenvalue weighted by atomic mass is 9.94. The highest BCUT2D eigenvalue weighted by atomic mass is 19.3. The summed E-state index contributed by atoms with van der Waals surface area (Å²) in [5, 5.41) is 21.0. The summed E-state index contributed by atoms with van der Waals surface area (Å²) in [7, 11) is 0. The number of likely N-dealkylation sites (tertiary alicyclic amines) is 1. The van der Waals surface area contributed by atoms with Crippen molar-refractivity contribution in [3.63, 3.8) is 0 Å². The van der Waals surface area contributed by atoms with E-state index in [0.717, 1.165) is 73.3 Å². The Labute approximate surface area is 270 Å². The molecule has 0 bridgehead atoms.